The number of ether oxygens (including phenoxy) is 1. The van der Waals surface area contributed by atoms with Crippen molar-refractivity contribution in [2.45, 2.75) is 12.6 Å². The van der Waals surface area contributed by atoms with Crippen molar-refractivity contribution in [3.63, 3.8) is 0 Å². The van der Waals surface area contributed by atoms with Gasteiger partial charge in [0.1, 0.15) is 16.8 Å². The van der Waals surface area contributed by atoms with Crippen LogP contribution in [0.3, 0.4) is 0 Å². The van der Waals surface area contributed by atoms with Gasteiger partial charge in [-0.25, -0.2) is 28.0 Å². The van der Waals surface area contributed by atoms with Crippen molar-refractivity contribution in [1.29, 1.82) is 0 Å². The van der Waals surface area contributed by atoms with E-state index in [0.29, 0.717) is 4.68 Å². The maximum atomic E-state index is 13.2. The van der Waals surface area contributed by atoms with E-state index in [1.807, 2.05) is 0 Å². The van der Waals surface area contributed by atoms with Crippen molar-refractivity contribution < 1.29 is 41.4 Å². The molecule has 7 nitrogen and oxygen atoms in total. The lowest BCUT2D eigenvalue weighted by Gasteiger charge is -2.19. The number of aromatic nitrogens is 3. The molecular weight excluding hydrogens is 357 g/mol. The number of esters is 1. The maximum absolute atomic E-state index is 13.2. The highest BCUT2D eigenvalue weighted by molar-refractivity contribution is 6.02. The van der Waals surface area contributed by atoms with Gasteiger partial charge in [0.15, 0.2) is 5.69 Å². The van der Waals surface area contributed by atoms with Crippen molar-refractivity contribution in [3.8, 4) is 5.69 Å². The van der Waals surface area contributed by atoms with Crippen molar-refractivity contribution >= 4 is 11.9 Å². The molecule has 0 radical (unpaired) electrons. The van der Waals surface area contributed by atoms with E-state index in [4.69, 9.17) is 0 Å². The average Bonchev–Trinajstić information content (AvgIpc) is 3.04. The van der Waals surface area contributed by atoms with Gasteiger partial charge in [0.2, 0.25) is 0 Å². The lowest BCUT2D eigenvalue weighted by Crippen LogP contribution is -2.24. The number of pyridine rings is 1. The Bertz CT molecular complexity index is 818. The second-order valence-electron chi connectivity index (χ2n) is 4.49. The zero-order valence-corrected chi connectivity index (χ0v) is 12.2. The predicted octanol–water partition coefficient (Wildman–Crippen LogP) is 2.71. The van der Waals surface area contributed by atoms with E-state index in [1.54, 1.807) is 0 Å². The van der Waals surface area contributed by atoms with Gasteiger partial charge in [-0.15, -0.1) is 0 Å². The standard InChI is InChI=1S/C13H8F5N3O4/c1-25-12(24)5-7(10(14)15)20-9(13(16,17)18)6(11(22)23)8(5)21-4-2-3-19-21/h2-4,10H,1H3,(H,22,23). The van der Waals surface area contributed by atoms with Crippen LogP contribution >= 0.6 is 0 Å². The molecule has 0 unspecified atom stereocenters. The number of rotatable bonds is 4. The molecule has 0 spiro atoms. The number of carbonyl (C=O) groups excluding carboxylic acids is 1. The van der Waals surface area contributed by atoms with E-state index in [9.17, 15) is 36.6 Å². The molecule has 0 bridgehead atoms. The first kappa shape index (κ1) is 18.3. The number of methoxy groups -OCH3 is 1. The summed E-state index contributed by atoms with van der Waals surface area (Å²) in [7, 11) is 0.794. The Hall–Kier alpha value is -3.05. The average molecular weight is 365 g/mol. The number of carboxylic acid groups (broad SMARTS) is 1. The SMILES string of the molecule is COC(=O)c1c(C(F)F)nc(C(F)(F)F)c(C(=O)O)c1-n1cccn1. The molecule has 25 heavy (non-hydrogen) atoms. The van der Waals surface area contributed by atoms with Gasteiger partial charge in [0.25, 0.3) is 6.43 Å². The fourth-order valence-corrected chi connectivity index (χ4v) is 2.09. The van der Waals surface area contributed by atoms with Gasteiger partial charge >= 0.3 is 18.1 Å². The molecule has 2 heterocycles. The summed E-state index contributed by atoms with van der Waals surface area (Å²) in [6, 6.07) is 1.20. The van der Waals surface area contributed by atoms with E-state index < -0.39 is 52.7 Å². The second kappa shape index (κ2) is 6.45. The smallest absolute Gasteiger partial charge is 0.434 e. The summed E-state index contributed by atoms with van der Waals surface area (Å²) in [5, 5.41) is 12.7. The highest BCUT2D eigenvalue weighted by Crippen LogP contribution is 2.38. The molecule has 2 aromatic heterocycles. The van der Waals surface area contributed by atoms with Gasteiger partial charge in [-0.05, 0) is 6.07 Å². The van der Waals surface area contributed by atoms with E-state index in [1.165, 1.54) is 6.07 Å². The van der Waals surface area contributed by atoms with Crippen LogP contribution in [0.2, 0.25) is 0 Å². The molecule has 1 N–H and O–H groups in total. The molecular formula is C13H8F5N3O4. The highest BCUT2D eigenvalue weighted by atomic mass is 19.4. The van der Waals surface area contributed by atoms with Gasteiger partial charge in [0.05, 0.1) is 12.8 Å². The predicted molar refractivity (Wildman–Crippen MR) is 69.6 cm³/mol. The third-order valence-corrected chi connectivity index (χ3v) is 3.01. The van der Waals surface area contributed by atoms with E-state index in [2.05, 4.69) is 14.8 Å². The lowest BCUT2D eigenvalue weighted by molar-refractivity contribution is -0.142. The fraction of sp³-hybridized carbons (Fsp3) is 0.231. The van der Waals surface area contributed by atoms with Crippen LogP contribution in [0.1, 0.15) is 38.5 Å². The minimum Gasteiger partial charge on any atom is -0.478 e. The molecule has 12 heteroatoms. The van der Waals surface area contributed by atoms with Crippen LogP contribution in [0, 0.1) is 0 Å². The normalized spacial score (nSPS) is 11.6. The molecule has 0 amide bonds. The first-order valence-corrected chi connectivity index (χ1v) is 6.34. The minimum atomic E-state index is -5.37. The summed E-state index contributed by atoms with van der Waals surface area (Å²) in [6.45, 7) is 0. The zero-order chi connectivity index (χ0) is 18.9. The molecule has 0 atom stereocenters. The Morgan fingerprint density at radius 3 is 2.32 bits per heavy atom. The van der Waals surface area contributed by atoms with Gasteiger partial charge in [-0.3, -0.25) is 0 Å². The highest BCUT2D eigenvalue weighted by Gasteiger charge is 2.43. The quantitative estimate of drug-likeness (QED) is 0.661. The van der Waals surface area contributed by atoms with Crippen molar-refractivity contribution in [1.82, 2.24) is 14.8 Å². The third kappa shape index (κ3) is 3.27. The summed E-state index contributed by atoms with van der Waals surface area (Å²) >= 11 is 0. The van der Waals surface area contributed by atoms with Gasteiger partial charge in [-0.2, -0.15) is 18.3 Å². The molecule has 0 aliphatic rings. The summed E-state index contributed by atoms with van der Waals surface area (Å²) in [5.74, 6) is -3.61. The summed E-state index contributed by atoms with van der Waals surface area (Å²) in [6.07, 6.45) is -6.92. The van der Waals surface area contributed by atoms with Crippen LogP contribution in [-0.2, 0) is 10.9 Å². The molecule has 0 saturated carbocycles. The number of aromatic carboxylic acids is 1. The minimum absolute atomic E-state index is 0.554. The fourth-order valence-electron chi connectivity index (χ4n) is 2.09. The largest absolute Gasteiger partial charge is 0.478 e. The molecule has 0 aromatic carbocycles. The van der Waals surface area contributed by atoms with Gasteiger partial charge in [0, 0.05) is 12.4 Å². The first-order chi connectivity index (χ1) is 11.6. The summed E-state index contributed by atoms with van der Waals surface area (Å²) in [4.78, 5) is 26.0. The number of halogens is 5. The van der Waals surface area contributed by atoms with E-state index in [0.717, 1.165) is 19.5 Å². The van der Waals surface area contributed by atoms with Crippen molar-refractivity contribution in [2.75, 3.05) is 7.11 Å². The number of nitrogens with zero attached hydrogens (tertiary/aromatic N) is 3. The number of carbonyl (C=O) groups is 2. The van der Waals surface area contributed by atoms with Crippen LogP contribution < -0.4 is 0 Å². The zero-order valence-electron chi connectivity index (χ0n) is 12.2. The molecule has 2 rings (SSSR count). The number of hydrogen-bond donors (Lipinski definition) is 1. The summed E-state index contributed by atoms with van der Waals surface area (Å²) < 4.78 is 70.8. The van der Waals surface area contributed by atoms with E-state index in [-0.39, 0.29) is 0 Å². The third-order valence-electron chi connectivity index (χ3n) is 3.01. The number of hydrogen-bond acceptors (Lipinski definition) is 5. The molecule has 0 aliphatic carbocycles. The molecule has 2 aromatic rings. The molecule has 0 aliphatic heterocycles. The first-order valence-electron chi connectivity index (χ1n) is 6.34. The molecule has 0 fully saturated rings. The van der Waals surface area contributed by atoms with Crippen LogP contribution in [-0.4, -0.2) is 38.9 Å². The van der Waals surface area contributed by atoms with Crippen LogP contribution in [0.25, 0.3) is 5.69 Å². The topological polar surface area (TPSA) is 94.3 Å². The van der Waals surface area contributed by atoms with Crippen molar-refractivity contribution in [2.24, 2.45) is 0 Å². The molecule has 134 valence electrons. The Balaban J connectivity index is 3.08. The molecule has 0 saturated heterocycles. The Kier molecular flexibility index (Phi) is 4.72. The Morgan fingerprint density at radius 2 is 1.92 bits per heavy atom. The summed E-state index contributed by atoms with van der Waals surface area (Å²) in [5.41, 5.74) is -7.27. The number of alkyl halides is 5. The second-order valence-corrected chi connectivity index (χ2v) is 4.49. The Morgan fingerprint density at radius 1 is 1.28 bits per heavy atom. The van der Waals surface area contributed by atoms with Crippen LogP contribution in [0.4, 0.5) is 22.0 Å². The number of carboxylic acids is 1. The van der Waals surface area contributed by atoms with E-state index >= 15 is 0 Å². The van der Waals surface area contributed by atoms with Crippen molar-refractivity contribution in [3.05, 3.63) is 41.0 Å². The lowest BCUT2D eigenvalue weighted by atomic mass is 10.0. The van der Waals surface area contributed by atoms with Gasteiger partial charge in [-0.1, -0.05) is 0 Å². The monoisotopic (exact) mass is 365 g/mol. The Labute approximate surface area is 135 Å². The van der Waals surface area contributed by atoms with Gasteiger partial charge < -0.3 is 9.84 Å². The van der Waals surface area contributed by atoms with Crippen LogP contribution in [0.15, 0.2) is 18.5 Å². The van der Waals surface area contributed by atoms with Crippen LogP contribution in [0.5, 0.6) is 0 Å². The maximum Gasteiger partial charge on any atom is 0.434 e.